The molecule has 0 aliphatic heterocycles. The molecule has 1 aromatic carbocycles. The first-order valence-electron chi connectivity index (χ1n) is 7.85. The van der Waals surface area contributed by atoms with Crippen LogP contribution in [0.1, 0.15) is 52.2 Å². The van der Waals surface area contributed by atoms with Crippen molar-refractivity contribution >= 4 is 0 Å². The van der Waals surface area contributed by atoms with E-state index in [-0.39, 0.29) is 10.8 Å². The lowest BCUT2D eigenvalue weighted by Gasteiger charge is -2.33. The number of hydrogen-bond donors (Lipinski definition) is 0. The average Bonchev–Trinajstić information content (AvgIpc) is 2.99. The second kappa shape index (κ2) is 5.83. The van der Waals surface area contributed by atoms with Crippen molar-refractivity contribution in [2.45, 2.75) is 51.9 Å². The summed E-state index contributed by atoms with van der Waals surface area (Å²) in [5.74, 6) is 1.87. The van der Waals surface area contributed by atoms with E-state index >= 15 is 0 Å². The first-order valence-corrected chi connectivity index (χ1v) is 7.85. The van der Waals surface area contributed by atoms with Gasteiger partial charge in [0.2, 0.25) is 0 Å². The van der Waals surface area contributed by atoms with E-state index in [1.807, 2.05) is 0 Å². The third-order valence-electron chi connectivity index (χ3n) is 4.56. The van der Waals surface area contributed by atoms with Gasteiger partial charge in [0, 0.05) is 16.5 Å². The van der Waals surface area contributed by atoms with Crippen LogP contribution in [0, 0.1) is 0 Å². The van der Waals surface area contributed by atoms with E-state index < -0.39 is 0 Å². The van der Waals surface area contributed by atoms with Gasteiger partial charge in [-0.2, -0.15) is 0 Å². The Morgan fingerprint density at radius 1 is 0.909 bits per heavy atom. The van der Waals surface area contributed by atoms with E-state index in [1.165, 1.54) is 16.7 Å². The van der Waals surface area contributed by atoms with Gasteiger partial charge in [-0.05, 0) is 24.0 Å². The van der Waals surface area contributed by atoms with Gasteiger partial charge in [-0.3, -0.25) is 0 Å². The second-order valence-corrected chi connectivity index (χ2v) is 7.45. The molecule has 0 heterocycles. The Balaban J connectivity index is 2.68. The van der Waals surface area contributed by atoms with Crippen LogP contribution >= 0.6 is 0 Å². The monoisotopic (exact) mass is 300 g/mol. The molecule has 22 heavy (non-hydrogen) atoms. The molecule has 1 aliphatic rings. The molecule has 0 amide bonds. The molecule has 0 unspecified atom stereocenters. The lowest BCUT2D eigenvalue weighted by molar-refractivity contribution is 0.374. The van der Waals surface area contributed by atoms with Crippen molar-refractivity contribution < 1.29 is 9.47 Å². The molecule has 0 atom stereocenters. The zero-order chi connectivity index (χ0) is 16.5. The van der Waals surface area contributed by atoms with Crippen LogP contribution in [0.15, 0.2) is 35.9 Å². The lowest BCUT2D eigenvalue weighted by atomic mass is 9.74. The Kier molecular flexibility index (Phi) is 4.42. The maximum Gasteiger partial charge on any atom is 0.126 e. The fourth-order valence-electron chi connectivity index (χ4n) is 3.05. The molecule has 1 aromatic rings. The minimum atomic E-state index is -0.0939. The minimum absolute atomic E-state index is 0.00692. The van der Waals surface area contributed by atoms with E-state index in [0.717, 1.165) is 17.9 Å². The predicted molar refractivity (Wildman–Crippen MR) is 93.1 cm³/mol. The average molecular weight is 300 g/mol. The van der Waals surface area contributed by atoms with E-state index in [0.29, 0.717) is 0 Å². The van der Waals surface area contributed by atoms with Gasteiger partial charge in [0.25, 0.3) is 0 Å². The van der Waals surface area contributed by atoms with Crippen LogP contribution in [0.5, 0.6) is 11.5 Å². The van der Waals surface area contributed by atoms with Crippen LogP contribution in [0.4, 0.5) is 0 Å². The molecule has 2 nitrogen and oxygen atoms in total. The van der Waals surface area contributed by atoms with Gasteiger partial charge in [0.1, 0.15) is 11.5 Å². The number of allylic oxidation sites excluding steroid dienone is 4. The molecule has 0 saturated heterocycles. The van der Waals surface area contributed by atoms with Crippen LogP contribution in [0.2, 0.25) is 0 Å². The quantitative estimate of drug-likeness (QED) is 0.764. The summed E-state index contributed by atoms with van der Waals surface area (Å²) < 4.78 is 11.4. The Bertz CT molecular complexity index is 613. The molecule has 0 bridgehead atoms. The first-order chi connectivity index (χ1) is 10.2. The van der Waals surface area contributed by atoms with Gasteiger partial charge >= 0.3 is 0 Å². The summed E-state index contributed by atoms with van der Waals surface area (Å²) in [6, 6.07) is 4.22. The smallest absolute Gasteiger partial charge is 0.126 e. The molecule has 0 radical (unpaired) electrons. The van der Waals surface area contributed by atoms with Crippen LogP contribution in [0.25, 0.3) is 0 Å². The highest BCUT2D eigenvalue weighted by molar-refractivity contribution is 5.56. The Morgan fingerprint density at radius 2 is 1.55 bits per heavy atom. The second-order valence-electron chi connectivity index (χ2n) is 7.45. The van der Waals surface area contributed by atoms with Crippen LogP contribution < -0.4 is 9.47 Å². The summed E-state index contributed by atoms with van der Waals surface area (Å²) in [7, 11) is 3.49. The molecule has 1 aliphatic carbocycles. The molecule has 0 saturated carbocycles. The lowest BCUT2D eigenvalue weighted by Crippen LogP contribution is -2.23. The number of ether oxygens (including phenoxy) is 2. The minimum Gasteiger partial charge on any atom is -0.497 e. The van der Waals surface area contributed by atoms with Gasteiger partial charge in [-0.25, -0.2) is 0 Å². The highest BCUT2D eigenvalue weighted by Gasteiger charge is 2.33. The van der Waals surface area contributed by atoms with Gasteiger partial charge < -0.3 is 9.47 Å². The summed E-state index contributed by atoms with van der Waals surface area (Å²) in [5.41, 5.74) is 3.67. The van der Waals surface area contributed by atoms with Crippen molar-refractivity contribution in [3.05, 3.63) is 47.1 Å². The third kappa shape index (κ3) is 2.92. The zero-order valence-electron chi connectivity index (χ0n) is 14.9. The van der Waals surface area contributed by atoms with Crippen molar-refractivity contribution in [2.24, 2.45) is 0 Å². The van der Waals surface area contributed by atoms with E-state index in [1.54, 1.807) is 14.2 Å². The number of hydrogen-bond acceptors (Lipinski definition) is 2. The van der Waals surface area contributed by atoms with E-state index in [2.05, 4.69) is 65.0 Å². The molecule has 0 N–H and O–H groups in total. The van der Waals surface area contributed by atoms with E-state index in [4.69, 9.17) is 9.47 Å². The summed E-state index contributed by atoms with van der Waals surface area (Å²) in [4.78, 5) is 0. The van der Waals surface area contributed by atoms with Crippen molar-refractivity contribution in [3.8, 4) is 11.5 Å². The Labute approximate surface area is 134 Å². The van der Waals surface area contributed by atoms with Crippen molar-refractivity contribution in [2.75, 3.05) is 14.2 Å². The Morgan fingerprint density at radius 3 is 2.00 bits per heavy atom. The Hall–Kier alpha value is -1.70. The molecule has 0 aromatic heterocycles. The largest absolute Gasteiger partial charge is 0.497 e. The molecule has 0 fully saturated rings. The van der Waals surface area contributed by atoms with E-state index in [9.17, 15) is 0 Å². The standard InChI is InChI=1S/C20H28O2/c1-19(2,3)16-12-15(21-6)13-17(18(16)22-7)20(4,5)14-10-8-9-11-14/h8-10,12-13H,11H2,1-7H3. The molecule has 2 rings (SSSR count). The topological polar surface area (TPSA) is 18.5 Å². The highest BCUT2D eigenvalue weighted by atomic mass is 16.5. The highest BCUT2D eigenvalue weighted by Crippen LogP contribution is 2.46. The predicted octanol–water partition coefficient (Wildman–Crippen LogP) is 5.17. The van der Waals surface area contributed by atoms with Crippen molar-refractivity contribution in [1.82, 2.24) is 0 Å². The molecular formula is C20H28O2. The summed E-state index contributed by atoms with van der Waals surface area (Å²) >= 11 is 0. The molecule has 120 valence electrons. The number of rotatable bonds is 4. The van der Waals surface area contributed by atoms with Gasteiger partial charge in [-0.1, -0.05) is 58.4 Å². The SMILES string of the molecule is COc1cc(C(C)(C)C)c(OC)c(C(C)(C)C2=CC=CC2)c1. The van der Waals surface area contributed by atoms with Crippen LogP contribution in [0.3, 0.4) is 0 Å². The summed E-state index contributed by atoms with van der Waals surface area (Å²) in [5, 5.41) is 0. The summed E-state index contributed by atoms with van der Waals surface area (Å²) in [6.07, 6.45) is 7.55. The van der Waals surface area contributed by atoms with Gasteiger partial charge in [0.15, 0.2) is 0 Å². The fourth-order valence-corrected chi connectivity index (χ4v) is 3.05. The fraction of sp³-hybridized carbons (Fsp3) is 0.500. The third-order valence-corrected chi connectivity index (χ3v) is 4.56. The molecular weight excluding hydrogens is 272 g/mol. The first kappa shape index (κ1) is 16.7. The normalized spacial score (nSPS) is 15.0. The van der Waals surface area contributed by atoms with Crippen molar-refractivity contribution in [3.63, 3.8) is 0 Å². The zero-order valence-corrected chi connectivity index (χ0v) is 14.9. The summed E-state index contributed by atoms with van der Waals surface area (Å²) in [6.45, 7) is 11.1. The molecule has 2 heteroatoms. The maximum absolute atomic E-state index is 5.85. The van der Waals surface area contributed by atoms with Crippen LogP contribution in [-0.2, 0) is 10.8 Å². The van der Waals surface area contributed by atoms with Gasteiger partial charge in [-0.15, -0.1) is 0 Å². The molecule has 0 spiro atoms. The van der Waals surface area contributed by atoms with Gasteiger partial charge in [0.05, 0.1) is 14.2 Å². The number of methoxy groups -OCH3 is 2. The van der Waals surface area contributed by atoms with Crippen LogP contribution in [-0.4, -0.2) is 14.2 Å². The maximum atomic E-state index is 5.85. The van der Waals surface area contributed by atoms with Crippen molar-refractivity contribution in [1.29, 1.82) is 0 Å². The number of benzene rings is 1.